The second kappa shape index (κ2) is 14.2. The van der Waals surface area contributed by atoms with Gasteiger partial charge in [-0.2, -0.15) is 0 Å². The maximum Gasteiger partial charge on any atom is 0.127 e. The van der Waals surface area contributed by atoms with Crippen LogP contribution in [0.15, 0.2) is 18.2 Å². The van der Waals surface area contributed by atoms with Gasteiger partial charge in [-0.3, -0.25) is 0 Å². The Morgan fingerprint density at radius 3 is 2.33 bits per heavy atom. The fraction of sp³-hybridized carbons (Fsp3) is 0.571. The van der Waals surface area contributed by atoms with Crippen LogP contribution in [0, 0.1) is 0 Å². The van der Waals surface area contributed by atoms with Crippen LogP contribution >= 0.6 is 24.8 Å². The predicted molar refractivity (Wildman–Crippen MR) is 90.3 cm³/mol. The second-order valence-electron chi connectivity index (χ2n) is 4.18. The van der Waals surface area contributed by atoms with Gasteiger partial charge in [0.25, 0.3) is 0 Å². The fourth-order valence-electron chi connectivity index (χ4n) is 1.76. The standard InChI is InChI=1S/C14H24N2O3.2ClH/c1-18-13-5-4-12(14(10-13)19-2)11-16-7-3-6-15-8-9-17;;/h4-5,10,15-17H,3,6-9,11H2,1-2H3;2*1H. The number of hydrogen-bond acceptors (Lipinski definition) is 5. The van der Waals surface area contributed by atoms with E-state index >= 15 is 0 Å². The van der Waals surface area contributed by atoms with Crippen LogP contribution in [0.2, 0.25) is 0 Å². The molecular formula is C14H26Cl2N2O3. The van der Waals surface area contributed by atoms with Crippen molar-refractivity contribution in [2.45, 2.75) is 13.0 Å². The molecule has 1 aromatic carbocycles. The summed E-state index contributed by atoms with van der Waals surface area (Å²) < 4.78 is 10.5. The van der Waals surface area contributed by atoms with Gasteiger partial charge in [-0.1, -0.05) is 6.07 Å². The molecule has 0 aromatic heterocycles. The molecule has 0 spiro atoms. The van der Waals surface area contributed by atoms with E-state index < -0.39 is 0 Å². The number of hydrogen-bond donors (Lipinski definition) is 3. The average Bonchev–Trinajstić information content (AvgIpc) is 2.46. The summed E-state index contributed by atoms with van der Waals surface area (Å²) in [7, 11) is 3.31. The topological polar surface area (TPSA) is 62.8 Å². The van der Waals surface area contributed by atoms with Gasteiger partial charge in [0.2, 0.25) is 0 Å². The highest BCUT2D eigenvalue weighted by Crippen LogP contribution is 2.24. The summed E-state index contributed by atoms with van der Waals surface area (Å²) in [5.41, 5.74) is 1.12. The molecular weight excluding hydrogens is 315 g/mol. The quantitative estimate of drug-likeness (QED) is 0.565. The zero-order valence-corrected chi connectivity index (χ0v) is 14.2. The van der Waals surface area contributed by atoms with E-state index in [1.807, 2.05) is 18.2 Å². The molecule has 3 N–H and O–H groups in total. The van der Waals surface area contributed by atoms with Crippen LogP contribution < -0.4 is 20.1 Å². The molecule has 1 rings (SSSR count). The fourth-order valence-corrected chi connectivity index (χ4v) is 1.76. The van der Waals surface area contributed by atoms with E-state index in [-0.39, 0.29) is 31.4 Å². The maximum atomic E-state index is 8.62. The summed E-state index contributed by atoms with van der Waals surface area (Å²) in [6, 6.07) is 5.83. The minimum atomic E-state index is 0. The van der Waals surface area contributed by atoms with Gasteiger partial charge in [0.15, 0.2) is 0 Å². The molecule has 0 fully saturated rings. The third-order valence-corrected chi connectivity index (χ3v) is 2.81. The number of methoxy groups -OCH3 is 2. The SMILES string of the molecule is COc1ccc(CNCCCNCCO)c(OC)c1.Cl.Cl. The highest BCUT2D eigenvalue weighted by molar-refractivity contribution is 5.85. The molecule has 0 aliphatic rings. The maximum absolute atomic E-state index is 8.62. The average molecular weight is 341 g/mol. The Morgan fingerprint density at radius 2 is 1.71 bits per heavy atom. The number of aliphatic hydroxyl groups excluding tert-OH is 1. The summed E-state index contributed by atoms with van der Waals surface area (Å²) in [5, 5.41) is 15.1. The minimum Gasteiger partial charge on any atom is -0.497 e. The van der Waals surface area contributed by atoms with Crippen molar-refractivity contribution in [3.8, 4) is 11.5 Å². The van der Waals surface area contributed by atoms with E-state index in [1.54, 1.807) is 14.2 Å². The summed E-state index contributed by atoms with van der Waals surface area (Å²) >= 11 is 0. The molecule has 0 radical (unpaired) electrons. The zero-order valence-electron chi connectivity index (χ0n) is 12.6. The first-order valence-electron chi connectivity index (χ1n) is 6.55. The van der Waals surface area contributed by atoms with Gasteiger partial charge in [-0.15, -0.1) is 24.8 Å². The van der Waals surface area contributed by atoms with Crippen molar-refractivity contribution in [2.24, 2.45) is 0 Å². The van der Waals surface area contributed by atoms with E-state index in [0.717, 1.165) is 43.1 Å². The number of halogens is 2. The van der Waals surface area contributed by atoms with E-state index in [1.165, 1.54) is 0 Å². The molecule has 21 heavy (non-hydrogen) atoms. The van der Waals surface area contributed by atoms with E-state index in [4.69, 9.17) is 14.6 Å². The van der Waals surface area contributed by atoms with E-state index in [0.29, 0.717) is 6.54 Å². The van der Waals surface area contributed by atoms with E-state index in [9.17, 15) is 0 Å². The molecule has 0 atom stereocenters. The lowest BCUT2D eigenvalue weighted by Gasteiger charge is -2.11. The van der Waals surface area contributed by atoms with Crippen LogP contribution in [0.1, 0.15) is 12.0 Å². The summed E-state index contributed by atoms with van der Waals surface area (Å²) in [6.07, 6.45) is 1.03. The van der Waals surface area contributed by atoms with Crippen molar-refractivity contribution < 1.29 is 14.6 Å². The Labute approximate surface area is 139 Å². The molecule has 0 bridgehead atoms. The monoisotopic (exact) mass is 340 g/mol. The van der Waals surface area contributed by atoms with Crippen LogP contribution in [0.4, 0.5) is 0 Å². The van der Waals surface area contributed by atoms with Crippen molar-refractivity contribution in [3.05, 3.63) is 23.8 Å². The van der Waals surface area contributed by atoms with Crippen LogP contribution in [-0.2, 0) is 6.54 Å². The van der Waals surface area contributed by atoms with Gasteiger partial charge in [-0.25, -0.2) is 0 Å². The molecule has 0 saturated carbocycles. The molecule has 5 nitrogen and oxygen atoms in total. The van der Waals surface area contributed by atoms with Crippen molar-refractivity contribution in [1.29, 1.82) is 0 Å². The Hall–Kier alpha value is -0.720. The number of rotatable bonds is 10. The van der Waals surface area contributed by atoms with Crippen LogP contribution in [0.5, 0.6) is 11.5 Å². The van der Waals surface area contributed by atoms with Crippen molar-refractivity contribution in [3.63, 3.8) is 0 Å². The smallest absolute Gasteiger partial charge is 0.127 e. The van der Waals surface area contributed by atoms with Gasteiger partial charge in [0.05, 0.1) is 20.8 Å². The first kappa shape index (κ1) is 22.6. The Balaban J connectivity index is 0. The minimum absolute atomic E-state index is 0. The zero-order chi connectivity index (χ0) is 13.9. The highest BCUT2D eigenvalue weighted by Gasteiger charge is 2.04. The number of benzene rings is 1. The number of aliphatic hydroxyl groups is 1. The predicted octanol–water partition coefficient (Wildman–Crippen LogP) is 1.61. The highest BCUT2D eigenvalue weighted by atomic mass is 35.5. The molecule has 0 heterocycles. The normalized spacial score (nSPS) is 9.48. The Bertz CT molecular complexity index is 368. The van der Waals surface area contributed by atoms with Gasteiger partial charge < -0.3 is 25.2 Å². The molecule has 124 valence electrons. The van der Waals surface area contributed by atoms with Gasteiger partial charge in [0, 0.05) is 24.7 Å². The molecule has 0 aliphatic heterocycles. The van der Waals surface area contributed by atoms with Crippen molar-refractivity contribution in [1.82, 2.24) is 10.6 Å². The number of nitrogens with one attached hydrogen (secondary N) is 2. The van der Waals surface area contributed by atoms with Gasteiger partial charge in [-0.05, 0) is 25.6 Å². The lowest BCUT2D eigenvalue weighted by molar-refractivity contribution is 0.292. The second-order valence-corrected chi connectivity index (χ2v) is 4.18. The first-order chi connectivity index (χ1) is 9.31. The van der Waals surface area contributed by atoms with Crippen molar-refractivity contribution >= 4 is 24.8 Å². The van der Waals surface area contributed by atoms with Crippen LogP contribution in [0.25, 0.3) is 0 Å². The molecule has 0 amide bonds. The van der Waals surface area contributed by atoms with Gasteiger partial charge >= 0.3 is 0 Å². The van der Waals surface area contributed by atoms with Crippen LogP contribution in [0.3, 0.4) is 0 Å². The van der Waals surface area contributed by atoms with Crippen molar-refractivity contribution in [2.75, 3.05) is 40.5 Å². The lowest BCUT2D eigenvalue weighted by Crippen LogP contribution is -2.24. The Morgan fingerprint density at radius 1 is 1.00 bits per heavy atom. The molecule has 0 saturated heterocycles. The third kappa shape index (κ3) is 9.01. The molecule has 1 aromatic rings. The largest absolute Gasteiger partial charge is 0.497 e. The van der Waals surface area contributed by atoms with Crippen LogP contribution in [-0.4, -0.2) is 45.6 Å². The molecule has 7 heteroatoms. The Kier molecular flexibility index (Phi) is 15.3. The van der Waals surface area contributed by atoms with Gasteiger partial charge in [0.1, 0.15) is 11.5 Å². The first-order valence-corrected chi connectivity index (χ1v) is 6.55. The molecule has 0 aliphatic carbocycles. The van der Waals surface area contributed by atoms with E-state index in [2.05, 4.69) is 10.6 Å². The number of ether oxygens (including phenoxy) is 2. The summed E-state index contributed by atoms with van der Waals surface area (Å²) in [5.74, 6) is 1.64. The summed E-state index contributed by atoms with van der Waals surface area (Å²) in [6.45, 7) is 3.46. The summed E-state index contributed by atoms with van der Waals surface area (Å²) in [4.78, 5) is 0. The third-order valence-electron chi connectivity index (χ3n) is 2.81. The lowest BCUT2D eigenvalue weighted by atomic mass is 10.2. The molecule has 0 unspecified atom stereocenters.